The predicted octanol–water partition coefficient (Wildman–Crippen LogP) is 4.06. The van der Waals surface area contributed by atoms with Crippen LogP contribution in [0, 0.1) is 0 Å². The Hall–Kier alpha value is -0.860. The second-order valence-electron chi connectivity index (χ2n) is 5.42. The van der Waals surface area contributed by atoms with Crippen LogP contribution in [-0.2, 0) is 0 Å². The van der Waals surface area contributed by atoms with E-state index in [0.717, 1.165) is 19.3 Å². The smallest absolute Gasteiger partial charge is 0.0766 e. The maximum Gasteiger partial charge on any atom is 0.0766 e. The Morgan fingerprint density at radius 1 is 1.11 bits per heavy atom. The van der Waals surface area contributed by atoms with Gasteiger partial charge >= 0.3 is 0 Å². The molecular weight excluding hydrogens is 234 g/mol. The van der Waals surface area contributed by atoms with Crippen molar-refractivity contribution in [1.29, 1.82) is 0 Å². The van der Waals surface area contributed by atoms with Gasteiger partial charge in [0.05, 0.1) is 5.60 Å². The van der Waals surface area contributed by atoms with Crippen LogP contribution in [0.2, 0.25) is 0 Å². The quantitative estimate of drug-likeness (QED) is 0.704. The zero-order valence-electron chi connectivity index (χ0n) is 12.7. The van der Waals surface area contributed by atoms with Gasteiger partial charge < -0.3 is 10.4 Å². The van der Waals surface area contributed by atoms with E-state index >= 15 is 0 Å². The van der Waals surface area contributed by atoms with Crippen molar-refractivity contribution >= 4 is 0 Å². The molecule has 0 aliphatic rings. The van der Waals surface area contributed by atoms with Crippen molar-refractivity contribution in [2.24, 2.45) is 0 Å². The van der Waals surface area contributed by atoms with E-state index in [1.54, 1.807) is 0 Å². The summed E-state index contributed by atoms with van der Waals surface area (Å²) in [4.78, 5) is 0. The Balaban J connectivity index is 2.65. The van der Waals surface area contributed by atoms with Crippen molar-refractivity contribution in [3.8, 4) is 0 Å². The third-order valence-electron chi connectivity index (χ3n) is 4.04. The Morgan fingerprint density at radius 2 is 1.74 bits per heavy atom. The lowest BCUT2D eigenvalue weighted by Crippen LogP contribution is -2.41. The molecule has 1 aromatic carbocycles. The molecule has 0 amide bonds. The normalized spacial score (nSPS) is 13.5. The Kier molecular flexibility index (Phi) is 7.11. The highest BCUT2D eigenvalue weighted by Crippen LogP contribution is 2.21. The fourth-order valence-electron chi connectivity index (χ4n) is 2.29. The maximum atomic E-state index is 10.4. The first-order chi connectivity index (χ1) is 9.15. The molecule has 0 aromatic heterocycles. The highest BCUT2D eigenvalue weighted by Gasteiger charge is 2.23. The van der Waals surface area contributed by atoms with Gasteiger partial charge in [0, 0.05) is 12.6 Å². The first-order valence-electron chi connectivity index (χ1n) is 7.66. The third-order valence-corrected chi connectivity index (χ3v) is 4.04. The summed E-state index contributed by atoms with van der Waals surface area (Å²) in [6, 6.07) is 10.9. The number of hydrogen-bond acceptors (Lipinski definition) is 2. The third kappa shape index (κ3) is 5.33. The van der Waals surface area contributed by atoms with Crippen LogP contribution in [0.3, 0.4) is 0 Å². The molecule has 2 heteroatoms. The van der Waals surface area contributed by atoms with E-state index in [9.17, 15) is 5.11 Å². The van der Waals surface area contributed by atoms with Gasteiger partial charge in [-0.25, -0.2) is 0 Å². The van der Waals surface area contributed by atoms with Crippen molar-refractivity contribution in [3.63, 3.8) is 0 Å². The van der Waals surface area contributed by atoms with Gasteiger partial charge in [0.2, 0.25) is 0 Å². The summed E-state index contributed by atoms with van der Waals surface area (Å²) in [5.74, 6) is 0. The molecule has 0 heterocycles. The zero-order chi connectivity index (χ0) is 14.1. The van der Waals surface area contributed by atoms with E-state index in [0.29, 0.717) is 12.6 Å². The molecule has 1 atom stereocenters. The van der Waals surface area contributed by atoms with Crippen LogP contribution in [-0.4, -0.2) is 17.3 Å². The predicted molar refractivity (Wildman–Crippen MR) is 82.2 cm³/mol. The molecule has 108 valence electrons. The highest BCUT2D eigenvalue weighted by atomic mass is 16.3. The van der Waals surface area contributed by atoms with E-state index < -0.39 is 5.60 Å². The SMILES string of the molecule is CCCCC(NCC(O)(CC)CC)c1ccccc1. The average molecular weight is 263 g/mol. The second kappa shape index (κ2) is 8.34. The average Bonchev–Trinajstić information content (AvgIpc) is 2.48. The van der Waals surface area contributed by atoms with Gasteiger partial charge in [0.1, 0.15) is 0 Å². The molecule has 19 heavy (non-hydrogen) atoms. The first kappa shape index (κ1) is 16.2. The van der Waals surface area contributed by atoms with Crippen molar-refractivity contribution in [3.05, 3.63) is 35.9 Å². The van der Waals surface area contributed by atoms with Crippen LogP contribution in [0.4, 0.5) is 0 Å². The van der Waals surface area contributed by atoms with Crippen LogP contribution >= 0.6 is 0 Å². The molecule has 0 saturated heterocycles. The van der Waals surface area contributed by atoms with E-state index in [1.165, 1.54) is 18.4 Å². The van der Waals surface area contributed by atoms with Crippen molar-refractivity contribution in [1.82, 2.24) is 5.32 Å². The van der Waals surface area contributed by atoms with Gasteiger partial charge in [-0.2, -0.15) is 0 Å². The van der Waals surface area contributed by atoms with Crippen LogP contribution < -0.4 is 5.32 Å². The van der Waals surface area contributed by atoms with E-state index in [-0.39, 0.29) is 0 Å². The lowest BCUT2D eigenvalue weighted by Gasteiger charge is -2.29. The van der Waals surface area contributed by atoms with Gasteiger partial charge in [0.25, 0.3) is 0 Å². The molecule has 1 aromatic rings. The van der Waals surface area contributed by atoms with Crippen molar-refractivity contribution < 1.29 is 5.11 Å². The molecule has 2 nitrogen and oxygen atoms in total. The molecule has 0 radical (unpaired) electrons. The lowest BCUT2D eigenvalue weighted by atomic mass is 9.95. The Bertz CT molecular complexity index is 332. The van der Waals surface area contributed by atoms with Crippen LogP contribution in [0.5, 0.6) is 0 Å². The molecular formula is C17H29NO. The first-order valence-corrected chi connectivity index (χ1v) is 7.66. The number of hydrogen-bond donors (Lipinski definition) is 2. The van der Waals surface area contributed by atoms with Gasteiger partial charge in [-0.1, -0.05) is 63.9 Å². The summed E-state index contributed by atoms with van der Waals surface area (Å²) in [7, 11) is 0. The summed E-state index contributed by atoms with van der Waals surface area (Å²) in [5.41, 5.74) is 0.754. The summed E-state index contributed by atoms with van der Waals surface area (Å²) in [5, 5.41) is 14.0. The second-order valence-corrected chi connectivity index (χ2v) is 5.42. The van der Waals surface area contributed by atoms with Crippen LogP contribution in [0.15, 0.2) is 30.3 Å². The molecule has 1 unspecified atom stereocenters. The topological polar surface area (TPSA) is 32.3 Å². The molecule has 0 fully saturated rings. The number of aliphatic hydroxyl groups is 1. The summed E-state index contributed by atoms with van der Waals surface area (Å²) >= 11 is 0. The fraction of sp³-hybridized carbons (Fsp3) is 0.647. The monoisotopic (exact) mass is 263 g/mol. The highest BCUT2D eigenvalue weighted by molar-refractivity contribution is 5.18. The summed E-state index contributed by atoms with van der Waals surface area (Å²) in [6.45, 7) is 6.99. The standard InChI is InChI=1S/C17H29NO/c1-4-7-13-16(15-11-9-8-10-12-15)18-14-17(19,5-2)6-3/h8-12,16,18-19H,4-7,13-14H2,1-3H3. The van der Waals surface area contributed by atoms with Gasteiger partial charge in [-0.05, 0) is 24.8 Å². The van der Waals surface area contributed by atoms with E-state index in [2.05, 4.69) is 56.4 Å². The summed E-state index contributed by atoms with van der Waals surface area (Å²) < 4.78 is 0. The lowest BCUT2D eigenvalue weighted by molar-refractivity contribution is 0.0295. The number of rotatable bonds is 9. The minimum absolute atomic E-state index is 0.353. The Morgan fingerprint density at radius 3 is 2.26 bits per heavy atom. The number of nitrogens with one attached hydrogen (secondary N) is 1. The minimum atomic E-state index is -0.570. The largest absolute Gasteiger partial charge is 0.389 e. The number of unbranched alkanes of at least 4 members (excludes halogenated alkanes) is 1. The van der Waals surface area contributed by atoms with Gasteiger partial charge in [-0.3, -0.25) is 0 Å². The van der Waals surface area contributed by atoms with E-state index in [4.69, 9.17) is 0 Å². The van der Waals surface area contributed by atoms with Crippen LogP contribution in [0.1, 0.15) is 64.5 Å². The molecule has 0 saturated carbocycles. The van der Waals surface area contributed by atoms with Crippen LogP contribution in [0.25, 0.3) is 0 Å². The number of benzene rings is 1. The van der Waals surface area contributed by atoms with Gasteiger partial charge in [0.15, 0.2) is 0 Å². The maximum absolute atomic E-state index is 10.4. The molecule has 0 spiro atoms. The molecule has 1 rings (SSSR count). The molecule has 0 bridgehead atoms. The van der Waals surface area contributed by atoms with Gasteiger partial charge in [-0.15, -0.1) is 0 Å². The zero-order valence-corrected chi connectivity index (χ0v) is 12.7. The summed E-state index contributed by atoms with van der Waals surface area (Å²) in [6.07, 6.45) is 5.14. The van der Waals surface area contributed by atoms with Crippen molar-refractivity contribution in [2.45, 2.75) is 64.5 Å². The van der Waals surface area contributed by atoms with E-state index in [1.807, 2.05) is 0 Å². The molecule has 0 aliphatic carbocycles. The fourth-order valence-corrected chi connectivity index (χ4v) is 2.29. The molecule has 2 N–H and O–H groups in total. The van der Waals surface area contributed by atoms with Crippen molar-refractivity contribution in [2.75, 3.05) is 6.54 Å². The Labute approximate surface area is 118 Å². The minimum Gasteiger partial charge on any atom is -0.389 e. The molecule has 0 aliphatic heterocycles.